The van der Waals surface area contributed by atoms with Crippen molar-refractivity contribution >= 4 is 0 Å². The number of nitrogens with one attached hydrogen (secondary N) is 2. The van der Waals surface area contributed by atoms with Gasteiger partial charge in [-0.15, -0.1) is 0 Å². The zero-order valence-electron chi connectivity index (χ0n) is 10.0. The van der Waals surface area contributed by atoms with E-state index in [1.54, 1.807) is 0 Å². The summed E-state index contributed by atoms with van der Waals surface area (Å²) in [6, 6.07) is 9.84. The van der Waals surface area contributed by atoms with E-state index in [1.165, 1.54) is 0 Å². The molecule has 1 aromatic carbocycles. The number of aromatic nitrogens is 2. The molecule has 2 aromatic rings. The molecule has 0 fully saturated rings. The van der Waals surface area contributed by atoms with Crippen LogP contribution < -0.4 is 16.6 Å². The highest BCUT2D eigenvalue weighted by molar-refractivity contribution is 5.26. The van der Waals surface area contributed by atoms with Crippen LogP contribution >= 0.6 is 0 Å². The Kier molecular flexibility index (Phi) is 2.77. The van der Waals surface area contributed by atoms with Crippen molar-refractivity contribution in [3.63, 3.8) is 0 Å². The lowest BCUT2D eigenvalue weighted by Crippen LogP contribution is -2.35. The van der Waals surface area contributed by atoms with Crippen molar-refractivity contribution in [1.29, 1.82) is 0 Å². The molecule has 0 radical (unpaired) electrons. The van der Waals surface area contributed by atoms with Crippen LogP contribution in [0.4, 0.5) is 0 Å². The first-order chi connectivity index (χ1) is 8.75. The summed E-state index contributed by atoms with van der Waals surface area (Å²) in [7, 11) is 0. The van der Waals surface area contributed by atoms with Crippen molar-refractivity contribution in [3.05, 3.63) is 57.5 Å². The van der Waals surface area contributed by atoms with Crippen molar-refractivity contribution in [2.24, 2.45) is 5.73 Å². The fourth-order valence-corrected chi connectivity index (χ4v) is 2.45. The third kappa shape index (κ3) is 1.87. The minimum atomic E-state index is -0.213. The van der Waals surface area contributed by atoms with Crippen molar-refractivity contribution < 1.29 is 0 Å². The molecular formula is C13H16N4O. The van der Waals surface area contributed by atoms with Crippen LogP contribution in [0.3, 0.4) is 0 Å². The van der Waals surface area contributed by atoms with Gasteiger partial charge >= 0.3 is 0 Å². The normalized spacial score (nSPS) is 18.6. The van der Waals surface area contributed by atoms with Gasteiger partial charge in [-0.25, -0.2) is 0 Å². The fraction of sp³-hybridized carbons (Fsp3) is 0.308. The number of H-pyrrole nitrogens is 1. The highest BCUT2D eigenvalue weighted by atomic mass is 16.1. The Balaban J connectivity index is 1.99. The van der Waals surface area contributed by atoms with Crippen LogP contribution in [0.25, 0.3) is 0 Å². The lowest BCUT2D eigenvalue weighted by atomic mass is 10.0. The summed E-state index contributed by atoms with van der Waals surface area (Å²) in [6.45, 7) is 2.01. The van der Waals surface area contributed by atoms with E-state index in [2.05, 4.69) is 10.4 Å². The minimum Gasteiger partial charge on any atom is -0.323 e. The van der Waals surface area contributed by atoms with Gasteiger partial charge in [0, 0.05) is 19.1 Å². The number of rotatable bonds is 2. The van der Waals surface area contributed by atoms with E-state index in [9.17, 15) is 4.79 Å². The molecular weight excluding hydrogens is 228 g/mol. The maximum atomic E-state index is 11.9. The van der Waals surface area contributed by atoms with Gasteiger partial charge in [0.05, 0.1) is 17.8 Å². The quantitative estimate of drug-likeness (QED) is 0.712. The summed E-state index contributed by atoms with van der Waals surface area (Å²) in [5.41, 5.74) is 8.76. The second-order valence-corrected chi connectivity index (χ2v) is 4.61. The van der Waals surface area contributed by atoms with E-state index in [4.69, 9.17) is 5.73 Å². The van der Waals surface area contributed by atoms with Gasteiger partial charge in [0.2, 0.25) is 0 Å². The molecule has 0 bridgehead atoms. The molecule has 5 nitrogen and oxygen atoms in total. The Bertz CT molecular complexity index is 599. The highest BCUT2D eigenvalue weighted by Crippen LogP contribution is 2.16. The zero-order valence-corrected chi connectivity index (χ0v) is 10.0. The van der Waals surface area contributed by atoms with E-state index in [0.717, 1.165) is 16.8 Å². The number of nitrogens with zero attached hydrogens (tertiary/aromatic N) is 1. The molecule has 94 valence electrons. The summed E-state index contributed by atoms with van der Waals surface area (Å²) in [5.74, 6) is 0. The van der Waals surface area contributed by atoms with Gasteiger partial charge in [-0.05, 0) is 5.56 Å². The fourth-order valence-electron chi connectivity index (χ4n) is 2.45. The van der Waals surface area contributed by atoms with Crippen LogP contribution in [0.2, 0.25) is 0 Å². The van der Waals surface area contributed by atoms with E-state index < -0.39 is 0 Å². The van der Waals surface area contributed by atoms with Gasteiger partial charge in [0.25, 0.3) is 5.56 Å². The van der Waals surface area contributed by atoms with Gasteiger partial charge in [-0.2, -0.15) is 0 Å². The molecule has 18 heavy (non-hydrogen) atoms. The Hall–Kier alpha value is -1.85. The van der Waals surface area contributed by atoms with Crippen molar-refractivity contribution in [2.45, 2.75) is 19.1 Å². The first kappa shape index (κ1) is 11.3. The molecule has 0 saturated heterocycles. The topological polar surface area (TPSA) is 75.8 Å². The summed E-state index contributed by atoms with van der Waals surface area (Å²) in [5, 5.41) is 6.10. The van der Waals surface area contributed by atoms with Gasteiger partial charge in [0.1, 0.15) is 0 Å². The number of hydrogen-bond donors (Lipinski definition) is 3. The minimum absolute atomic E-state index is 0.0602. The average molecular weight is 244 g/mol. The molecule has 4 N–H and O–H groups in total. The second-order valence-electron chi connectivity index (χ2n) is 4.61. The van der Waals surface area contributed by atoms with Crippen molar-refractivity contribution in [3.8, 4) is 0 Å². The molecule has 3 rings (SSSR count). The SMILES string of the molecule is N[C@H]1CNCc2c1c(=O)[nH]n2Cc1ccccc1. The number of fused-ring (bicyclic) bond motifs is 1. The Morgan fingerprint density at radius 3 is 2.89 bits per heavy atom. The van der Waals surface area contributed by atoms with Crippen molar-refractivity contribution in [2.75, 3.05) is 6.54 Å². The first-order valence-electron chi connectivity index (χ1n) is 6.07. The monoisotopic (exact) mass is 244 g/mol. The van der Waals surface area contributed by atoms with Crippen LogP contribution in [-0.2, 0) is 13.1 Å². The molecule has 1 aliphatic heterocycles. The molecule has 0 unspecified atom stereocenters. The third-order valence-corrected chi connectivity index (χ3v) is 3.33. The van der Waals surface area contributed by atoms with Crippen LogP contribution in [0, 0.1) is 0 Å². The predicted octanol–water partition coefficient (Wildman–Crippen LogP) is 0.328. The smallest absolute Gasteiger partial charge is 0.269 e. The standard InChI is InChI=1S/C13H16N4O/c14-10-6-15-7-11-12(10)13(18)16-17(11)8-9-4-2-1-3-5-9/h1-5,10,15H,6-8,14H2,(H,16,18)/t10-/m0/s1. The van der Waals surface area contributed by atoms with Gasteiger partial charge in [-0.3, -0.25) is 14.6 Å². The lowest BCUT2D eigenvalue weighted by Gasteiger charge is -2.20. The second kappa shape index (κ2) is 4.44. The summed E-state index contributed by atoms with van der Waals surface area (Å²) >= 11 is 0. The maximum Gasteiger partial charge on any atom is 0.269 e. The van der Waals surface area contributed by atoms with E-state index in [1.807, 2.05) is 35.0 Å². The first-order valence-corrected chi connectivity index (χ1v) is 6.07. The highest BCUT2D eigenvalue weighted by Gasteiger charge is 2.24. The molecule has 0 amide bonds. The van der Waals surface area contributed by atoms with Crippen LogP contribution in [0.1, 0.15) is 22.9 Å². The van der Waals surface area contributed by atoms with Crippen LogP contribution in [0.15, 0.2) is 35.1 Å². The van der Waals surface area contributed by atoms with Crippen LogP contribution in [-0.4, -0.2) is 16.3 Å². The molecule has 1 aliphatic rings. The number of benzene rings is 1. The average Bonchev–Trinajstić information content (AvgIpc) is 2.69. The van der Waals surface area contributed by atoms with Crippen LogP contribution in [0.5, 0.6) is 0 Å². The Labute approximate surface area is 105 Å². The molecule has 2 heterocycles. The largest absolute Gasteiger partial charge is 0.323 e. The van der Waals surface area contributed by atoms with E-state index >= 15 is 0 Å². The van der Waals surface area contributed by atoms with E-state index in [-0.39, 0.29) is 11.6 Å². The molecule has 1 atom stereocenters. The van der Waals surface area contributed by atoms with Gasteiger partial charge in [-0.1, -0.05) is 30.3 Å². The number of aromatic amines is 1. The molecule has 5 heteroatoms. The maximum absolute atomic E-state index is 11.9. The van der Waals surface area contributed by atoms with E-state index in [0.29, 0.717) is 19.6 Å². The molecule has 0 spiro atoms. The Morgan fingerprint density at radius 1 is 1.33 bits per heavy atom. The Morgan fingerprint density at radius 2 is 2.11 bits per heavy atom. The summed E-state index contributed by atoms with van der Waals surface area (Å²) in [4.78, 5) is 11.9. The summed E-state index contributed by atoms with van der Waals surface area (Å²) < 4.78 is 1.89. The number of nitrogens with two attached hydrogens (primary N) is 1. The predicted molar refractivity (Wildman–Crippen MR) is 69.2 cm³/mol. The number of hydrogen-bond acceptors (Lipinski definition) is 3. The molecule has 0 aliphatic carbocycles. The zero-order chi connectivity index (χ0) is 12.5. The molecule has 0 saturated carbocycles. The van der Waals surface area contributed by atoms with Crippen molar-refractivity contribution in [1.82, 2.24) is 15.1 Å². The summed E-state index contributed by atoms with van der Waals surface area (Å²) in [6.07, 6.45) is 0. The van der Waals surface area contributed by atoms with Gasteiger partial charge < -0.3 is 11.1 Å². The molecule has 1 aromatic heterocycles. The third-order valence-electron chi connectivity index (χ3n) is 3.33. The van der Waals surface area contributed by atoms with Gasteiger partial charge in [0.15, 0.2) is 0 Å². The lowest BCUT2D eigenvalue weighted by molar-refractivity contribution is 0.520.